The highest BCUT2D eigenvalue weighted by molar-refractivity contribution is 5.94. The monoisotopic (exact) mass is 234 g/mol. The summed E-state index contributed by atoms with van der Waals surface area (Å²) in [6.07, 6.45) is 0.761. The minimum absolute atomic E-state index is 0.381. The Morgan fingerprint density at radius 2 is 2.12 bits per heavy atom. The SMILES string of the molecule is COC(=O)c1cnc(C(C)(F)F)c(F)c1N. The van der Waals surface area contributed by atoms with Crippen LogP contribution < -0.4 is 5.73 Å². The fourth-order valence-corrected chi connectivity index (χ4v) is 1.08. The van der Waals surface area contributed by atoms with Crippen LogP contribution in [0.1, 0.15) is 23.0 Å². The number of hydrogen-bond acceptors (Lipinski definition) is 4. The number of nitrogens with two attached hydrogens (primary N) is 1. The summed E-state index contributed by atoms with van der Waals surface area (Å²) in [5, 5.41) is 0. The zero-order valence-corrected chi connectivity index (χ0v) is 8.55. The van der Waals surface area contributed by atoms with E-state index in [2.05, 4.69) is 9.72 Å². The van der Waals surface area contributed by atoms with Crippen molar-refractivity contribution in [2.45, 2.75) is 12.8 Å². The van der Waals surface area contributed by atoms with E-state index >= 15 is 0 Å². The Morgan fingerprint density at radius 1 is 1.56 bits per heavy atom. The van der Waals surface area contributed by atoms with Crippen LogP contribution in [-0.2, 0) is 10.7 Å². The van der Waals surface area contributed by atoms with Crippen molar-refractivity contribution in [3.05, 3.63) is 23.3 Å². The van der Waals surface area contributed by atoms with Crippen LogP contribution in [0.15, 0.2) is 6.20 Å². The lowest BCUT2D eigenvalue weighted by molar-refractivity contribution is 0.00874. The number of esters is 1. The number of aromatic nitrogens is 1. The van der Waals surface area contributed by atoms with Gasteiger partial charge in [0, 0.05) is 13.1 Å². The molecular weight excluding hydrogens is 225 g/mol. The lowest BCUT2D eigenvalue weighted by atomic mass is 10.1. The Balaban J connectivity index is 3.35. The Bertz CT molecular complexity index is 429. The molecule has 0 aliphatic rings. The molecule has 0 amide bonds. The highest BCUT2D eigenvalue weighted by atomic mass is 19.3. The van der Waals surface area contributed by atoms with Gasteiger partial charge in [-0.25, -0.2) is 9.18 Å². The molecule has 2 N–H and O–H groups in total. The first-order valence-electron chi connectivity index (χ1n) is 4.19. The number of halogens is 3. The van der Waals surface area contributed by atoms with Crippen LogP contribution in [-0.4, -0.2) is 18.1 Å². The molecule has 0 saturated heterocycles. The Kier molecular flexibility index (Phi) is 3.06. The van der Waals surface area contributed by atoms with Crippen LogP contribution in [0.25, 0.3) is 0 Å². The van der Waals surface area contributed by atoms with Gasteiger partial charge in [0.25, 0.3) is 5.92 Å². The van der Waals surface area contributed by atoms with Gasteiger partial charge in [-0.3, -0.25) is 4.98 Å². The number of methoxy groups -OCH3 is 1. The largest absolute Gasteiger partial charge is 0.465 e. The molecule has 7 heteroatoms. The van der Waals surface area contributed by atoms with E-state index in [0.29, 0.717) is 6.92 Å². The molecule has 0 radical (unpaired) electrons. The second kappa shape index (κ2) is 3.99. The van der Waals surface area contributed by atoms with Crippen molar-refractivity contribution < 1.29 is 22.7 Å². The number of anilines is 1. The number of alkyl halides is 2. The van der Waals surface area contributed by atoms with E-state index in [-0.39, 0.29) is 5.56 Å². The molecular formula is C9H9F3N2O2. The molecule has 0 spiro atoms. The molecule has 0 saturated carbocycles. The Morgan fingerprint density at radius 3 is 2.56 bits per heavy atom. The average Bonchev–Trinajstić information content (AvgIpc) is 2.19. The van der Waals surface area contributed by atoms with Crippen LogP contribution in [0.3, 0.4) is 0 Å². The molecule has 1 rings (SSSR count). The minimum Gasteiger partial charge on any atom is -0.465 e. The first-order valence-corrected chi connectivity index (χ1v) is 4.19. The second-order valence-corrected chi connectivity index (χ2v) is 3.13. The van der Waals surface area contributed by atoms with Gasteiger partial charge in [-0.2, -0.15) is 8.78 Å². The fourth-order valence-electron chi connectivity index (χ4n) is 1.08. The number of pyridine rings is 1. The van der Waals surface area contributed by atoms with Crippen LogP contribution in [0, 0.1) is 5.82 Å². The standard InChI is InChI=1S/C9H9F3N2O2/c1-9(11,12)7-5(10)6(13)4(3-14-7)8(15)16-2/h3H,1-2H3,(H2,13,14). The first kappa shape index (κ1) is 12.3. The highest BCUT2D eigenvalue weighted by Crippen LogP contribution is 2.30. The summed E-state index contributed by atoms with van der Waals surface area (Å²) in [6.45, 7) is 0.482. The van der Waals surface area contributed by atoms with E-state index in [1.807, 2.05) is 0 Å². The molecule has 0 aliphatic heterocycles. The summed E-state index contributed by atoms with van der Waals surface area (Å²) in [7, 11) is 1.06. The maximum Gasteiger partial charge on any atom is 0.341 e. The van der Waals surface area contributed by atoms with Crippen molar-refractivity contribution in [2.75, 3.05) is 12.8 Å². The van der Waals surface area contributed by atoms with Gasteiger partial charge in [0.15, 0.2) is 5.82 Å². The van der Waals surface area contributed by atoms with Gasteiger partial charge in [0.1, 0.15) is 11.3 Å². The Labute approximate surface area is 89.2 Å². The van der Waals surface area contributed by atoms with E-state index in [1.165, 1.54) is 0 Å². The van der Waals surface area contributed by atoms with Crippen molar-refractivity contribution in [3.8, 4) is 0 Å². The van der Waals surface area contributed by atoms with E-state index in [0.717, 1.165) is 13.3 Å². The molecule has 0 atom stereocenters. The topological polar surface area (TPSA) is 65.2 Å². The van der Waals surface area contributed by atoms with Gasteiger partial charge in [-0.1, -0.05) is 0 Å². The molecule has 0 fully saturated rings. The Hall–Kier alpha value is -1.79. The smallest absolute Gasteiger partial charge is 0.341 e. The van der Waals surface area contributed by atoms with E-state index in [9.17, 15) is 18.0 Å². The van der Waals surface area contributed by atoms with E-state index in [1.54, 1.807) is 0 Å². The third-order valence-corrected chi connectivity index (χ3v) is 1.88. The third-order valence-electron chi connectivity index (χ3n) is 1.88. The van der Waals surface area contributed by atoms with Crippen LogP contribution in [0.5, 0.6) is 0 Å². The summed E-state index contributed by atoms with van der Waals surface area (Å²) in [6, 6.07) is 0. The van der Waals surface area contributed by atoms with Crippen molar-refractivity contribution >= 4 is 11.7 Å². The number of nitrogen functional groups attached to an aromatic ring is 1. The van der Waals surface area contributed by atoms with Crippen molar-refractivity contribution in [2.24, 2.45) is 0 Å². The molecule has 1 heterocycles. The molecule has 0 aromatic carbocycles. The molecule has 1 aromatic rings. The van der Waals surface area contributed by atoms with Gasteiger partial charge in [0.05, 0.1) is 12.8 Å². The van der Waals surface area contributed by atoms with Gasteiger partial charge in [-0.15, -0.1) is 0 Å². The van der Waals surface area contributed by atoms with Crippen LogP contribution in [0.4, 0.5) is 18.9 Å². The molecule has 1 aromatic heterocycles. The summed E-state index contributed by atoms with van der Waals surface area (Å²) in [4.78, 5) is 14.2. The van der Waals surface area contributed by atoms with Gasteiger partial charge < -0.3 is 10.5 Å². The number of ether oxygens (including phenoxy) is 1. The predicted molar refractivity (Wildman–Crippen MR) is 49.5 cm³/mol. The van der Waals surface area contributed by atoms with Crippen molar-refractivity contribution in [1.82, 2.24) is 4.98 Å². The average molecular weight is 234 g/mol. The fraction of sp³-hybridized carbons (Fsp3) is 0.333. The van der Waals surface area contributed by atoms with Crippen molar-refractivity contribution in [3.63, 3.8) is 0 Å². The maximum absolute atomic E-state index is 13.4. The zero-order valence-electron chi connectivity index (χ0n) is 8.55. The minimum atomic E-state index is -3.47. The molecule has 0 aliphatic carbocycles. The molecule has 88 valence electrons. The number of carbonyl (C=O) groups is 1. The summed E-state index contributed by atoms with van der Waals surface area (Å²) in [5.74, 6) is -5.81. The normalized spacial score (nSPS) is 11.3. The van der Waals surface area contributed by atoms with Crippen molar-refractivity contribution in [1.29, 1.82) is 0 Å². The molecule has 0 unspecified atom stereocenters. The van der Waals surface area contributed by atoms with Crippen LogP contribution in [0.2, 0.25) is 0 Å². The lowest BCUT2D eigenvalue weighted by Crippen LogP contribution is -2.17. The molecule has 0 bridgehead atoms. The summed E-state index contributed by atoms with van der Waals surface area (Å²) in [5.41, 5.74) is 3.03. The van der Waals surface area contributed by atoms with E-state index < -0.39 is 29.1 Å². The first-order chi connectivity index (χ1) is 7.29. The highest BCUT2D eigenvalue weighted by Gasteiger charge is 2.32. The second-order valence-electron chi connectivity index (χ2n) is 3.13. The predicted octanol–water partition coefficient (Wildman–Crippen LogP) is 1.70. The third kappa shape index (κ3) is 2.07. The molecule has 16 heavy (non-hydrogen) atoms. The maximum atomic E-state index is 13.4. The molecule has 4 nitrogen and oxygen atoms in total. The van der Waals surface area contributed by atoms with E-state index in [4.69, 9.17) is 5.73 Å². The summed E-state index contributed by atoms with van der Waals surface area (Å²) >= 11 is 0. The van der Waals surface area contributed by atoms with Gasteiger partial charge >= 0.3 is 5.97 Å². The number of hydrogen-bond donors (Lipinski definition) is 1. The number of rotatable bonds is 2. The number of carbonyl (C=O) groups excluding carboxylic acids is 1. The zero-order chi connectivity index (χ0) is 12.5. The quantitative estimate of drug-likeness (QED) is 0.791. The lowest BCUT2D eigenvalue weighted by Gasteiger charge is -2.13. The van der Waals surface area contributed by atoms with Gasteiger partial charge in [0.2, 0.25) is 0 Å². The van der Waals surface area contributed by atoms with Gasteiger partial charge in [-0.05, 0) is 0 Å². The summed E-state index contributed by atoms with van der Waals surface area (Å²) < 4.78 is 43.3. The van der Waals surface area contributed by atoms with Crippen LogP contribution >= 0.6 is 0 Å². The number of nitrogens with zero attached hydrogens (tertiary/aromatic N) is 1.